The molecule has 2 atom stereocenters. The van der Waals surface area contributed by atoms with Gasteiger partial charge in [0.2, 0.25) is 0 Å². The third-order valence-electron chi connectivity index (χ3n) is 5.41. The molecule has 162 valence electrons. The first kappa shape index (κ1) is 22.5. The zero-order chi connectivity index (χ0) is 19.3. The molecule has 0 bridgehead atoms. The Labute approximate surface area is 187 Å². The molecule has 0 spiro atoms. The summed E-state index contributed by atoms with van der Waals surface area (Å²) in [5.74, 6) is 1.31. The summed E-state index contributed by atoms with van der Waals surface area (Å²) < 4.78 is 36.4. The lowest BCUT2D eigenvalue weighted by Gasteiger charge is -2.37. The van der Waals surface area contributed by atoms with Crippen molar-refractivity contribution in [2.75, 3.05) is 46.7 Å². The van der Waals surface area contributed by atoms with Gasteiger partial charge in [0.05, 0.1) is 19.3 Å². The molecule has 7 nitrogen and oxygen atoms in total. The number of morpholine rings is 1. The molecule has 3 heterocycles. The number of nitrogens with one attached hydrogen (secondary N) is 1. The summed E-state index contributed by atoms with van der Waals surface area (Å²) in [6, 6.07) is 3.01. The van der Waals surface area contributed by atoms with Crippen molar-refractivity contribution in [2.24, 2.45) is 4.99 Å². The summed E-state index contributed by atoms with van der Waals surface area (Å²) in [5.41, 5.74) is 1.61. The molecule has 9 heteroatoms. The number of hydrogen-bond donors (Lipinski definition) is 1. The topological polar surface area (TPSA) is 64.6 Å². The van der Waals surface area contributed by atoms with E-state index in [2.05, 4.69) is 15.2 Å². The summed E-state index contributed by atoms with van der Waals surface area (Å²) in [5, 5.41) is 3.40. The van der Waals surface area contributed by atoms with Crippen LogP contribution in [0.1, 0.15) is 24.0 Å². The minimum Gasteiger partial charge on any atom is -0.467 e. The number of fused-ring (bicyclic) bond motifs is 1. The van der Waals surface area contributed by atoms with Crippen LogP contribution in [0.4, 0.5) is 4.39 Å². The first-order chi connectivity index (χ1) is 13.7. The molecule has 0 radical (unpaired) electrons. The summed E-state index contributed by atoms with van der Waals surface area (Å²) in [6.07, 6.45) is 3.05. The van der Waals surface area contributed by atoms with Crippen LogP contribution in [-0.2, 0) is 27.2 Å². The molecule has 1 N–H and O–H groups in total. The summed E-state index contributed by atoms with van der Waals surface area (Å²) in [4.78, 5) is 6.63. The Morgan fingerprint density at radius 3 is 2.93 bits per heavy atom. The zero-order valence-electron chi connectivity index (χ0n) is 16.7. The van der Waals surface area contributed by atoms with Gasteiger partial charge in [0.1, 0.15) is 17.7 Å². The second-order valence-corrected chi connectivity index (χ2v) is 7.29. The van der Waals surface area contributed by atoms with Crippen LogP contribution >= 0.6 is 24.0 Å². The van der Waals surface area contributed by atoms with Gasteiger partial charge in [-0.1, -0.05) is 0 Å². The minimum absolute atomic E-state index is 0. The third kappa shape index (κ3) is 5.50. The van der Waals surface area contributed by atoms with Crippen LogP contribution in [0.5, 0.6) is 5.75 Å². The quantitative estimate of drug-likeness (QED) is 0.373. The van der Waals surface area contributed by atoms with E-state index in [0.29, 0.717) is 26.2 Å². The molecule has 0 aromatic heterocycles. The van der Waals surface area contributed by atoms with Gasteiger partial charge in [-0.2, -0.15) is 0 Å². The van der Waals surface area contributed by atoms with Crippen LogP contribution in [0, 0.1) is 5.82 Å². The van der Waals surface area contributed by atoms with Crippen molar-refractivity contribution in [1.82, 2.24) is 10.2 Å². The molecule has 1 aromatic rings. The van der Waals surface area contributed by atoms with E-state index in [1.165, 1.54) is 12.1 Å². The lowest BCUT2D eigenvalue weighted by Crippen LogP contribution is -2.53. The van der Waals surface area contributed by atoms with E-state index >= 15 is 0 Å². The molecule has 2 saturated heterocycles. The Balaban J connectivity index is 0.00000240. The Kier molecular flexibility index (Phi) is 8.34. The number of benzene rings is 1. The van der Waals surface area contributed by atoms with Gasteiger partial charge in [0.25, 0.3) is 0 Å². The maximum absolute atomic E-state index is 13.9. The molecule has 0 amide bonds. The first-order valence-corrected chi connectivity index (χ1v) is 9.95. The second-order valence-electron chi connectivity index (χ2n) is 7.29. The number of nitrogens with zero attached hydrogens (tertiary/aromatic N) is 2. The molecule has 3 aliphatic heterocycles. The van der Waals surface area contributed by atoms with Gasteiger partial charge in [-0.25, -0.2) is 4.39 Å². The highest BCUT2D eigenvalue weighted by Gasteiger charge is 2.32. The Morgan fingerprint density at radius 1 is 1.28 bits per heavy atom. The number of rotatable bonds is 4. The molecular formula is C20H29FIN3O4. The van der Waals surface area contributed by atoms with Crippen molar-refractivity contribution in [1.29, 1.82) is 0 Å². The van der Waals surface area contributed by atoms with Gasteiger partial charge < -0.3 is 29.2 Å². The summed E-state index contributed by atoms with van der Waals surface area (Å²) in [6.45, 7) is 4.26. The van der Waals surface area contributed by atoms with Crippen LogP contribution < -0.4 is 10.1 Å². The molecule has 29 heavy (non-hydrogen) atoms. The van der Waals surface area contributed by atoms with Crippen LogP contribution in [0.3, 0.4) is 0 Å². The fourth-order valence-electron chi connectivity index (χ4n) is 4.07. The summed E-state index contributed by atoms with van der Waals surface area (Å²) in [7, 11) is 1.78. The fourth-order valence-corrected chi connectivity index (χ4v) is 4.07. The molecule has 3 aliphatic rings. The highest BCUT2D eigenvalue weighted by Crippen LogP contribution is 2.29. The molecule has 2 unspecified atom stereocenters. The van der Waals surface area contributed by atoms with Gasteiger partial charge in [0, 0.05) is 38.9 Å². The Bertz CT molecular complexity index is 715. The predicted molar refractivity (Wildman–Crippen MR) is 117 cm³/mol. The highest BCUT2D eigenvalue weighted by atomic mass is 127. The number of hydrogen-bond acceptors (Lipinski definition) is 5. The van der Waals surface area contributed by atoms with Gasteiger partial charge in [0.15, 0.2) is 12.8 Å². The first-order valence-electron chi connectivity index (χ1n) is 9.95. The molecule has 4 rings (SSSR count). The average molecular weight is 521 g/mol. The van der Waals surface area contributed by atoms with E-state index in [0.717, 1.165) is 55.4 Å². The van der Waals surface area contributed by atoms with E-state index in [1.54, 1.807) is 7.05 Å². The van der Waals surface area contributed by atoms with E-state index in [1.807, 2.05) is 0 Å². The third-order valence-corrected chi connectivity index (χ3v) is 5.41. The van der Waals surface area contributed by atoms with E-state index < -0.39 is 0 Å². The smallest absolute Gasteiger partial charge is 0.193 e. The highest BCUT2D eigenvalue weighted by molar-refractivity contribution is 14.0. The Morgan fingerprint density at radius 2 is 2.14 bits per heavy atom. The monoisotopic (exact) mass is 521 g/mol. The fraction of sp³-hybridized carbons (Fsp3) is 0.650. The molecule has 0 aliphatic carbocycles. The summed E-state index contributed by atoms with van der Waals surface area (Å²) >= 11 is 0. The van der Waals surface area contributed by atoms with Crippen molar-refractivity contribution < 1.29 is 23.3 Å². The van der Waals surface area contributed by atoms with Crippen LogP contribution in [-0.4, -0.2) is 69.8 Å². The second kappa shape index (κ2) is 10.7. The predicted octanol–water partition coefficient (Wildman–Crippen LogP) is 2.31. The number of halogens is 2. The van der Waals surface area contributed by atoms with Gasteiger partial charge in [-0.3, -0.25) is 4.99 Å². The van der Waals surface area contributed by atoms with Crippen molar-refractivity contribution in [3.8, 4) is 5.75 Å². The maximum Gasteiger partial charge on any atom is 0.193 e. The maximum atomic E-state index is 13.9. The lowest BCUT2D eigenvalue weighted by molar-refractivity contribution is -0.0816. The van der Waals surface area contributed by atoms with E-state index in [-0.39, 0.29) is 48.8 Å². The molecule has 0 saturated carbocycles. The SMILES string of the molecule is CN=C(NCCc1cc(F)cc2c1OCOC2)N1CCOC(C2CCCO2)C1.I. The van der Waals surface area contributed by atoms with Crippen molar-refractivity contribution in [3.63, 3.8) is 0 Å². The van der Waals surface area contributed by atoms with Crippen LogP contribution in [0.2, 0.25) is 0 Å². The van der Waals surface area contributed by atoms with Gasteiger partial charge >= 0.3 is 0 Å². The zero-order valence-corrected chi connectivity index (χ0v) is 19.0. The minimum atomic E-state index is -0.264. The molecule has 1 aromatic carbocycles. The normalized spacial score (nSPS) is 24.5. The largest absolute Gasteiger partial charge is 0.467 e. The number of guanidine groups is 1. The van der Waals surface area contributed by atoms with Gasteiger partial charge in [-0.15, -0.1) is 24.0 Å². The Hall–Kier alpha value is -1.17. The van der Waals surface area contributed by atoms with Crippen molar-refractivity contribution in [3.05, 3.63) is 29.1 Å². The van der Waals surface area contributed by atoms with E-state index in [4.69, 9.17) is 18.9 Å². The average Bonchev–Trinajstić information content (AvgIpc) is 3.26. The van der Waals surface area contributed by atoms with Crippen molar-refractivity contribution in [2.45, 2.75) is 38.1 Å². The molecule has 2 fully saturated rings. The van der Waals surface area contributed by atoms with E-state index in [9.17, 15) is 4.39 Å². The van der Waals surface area contributed by atoms with Crippen LogP contribution in [0.15, 0.2) is 17.1 Å². The number of ether oxygens (including phenoxy) is 4. The standard InChI is InChI=1S/C20H28FN3O4.HI/c1-22-20(24-6-8-27-18(11-24)17-3-2-7-26-17)23-5-4-14-9-16(21)10-15-12-25-13-28-19(14)15;/h9-10,17-18H,2-8,11-13H2,1H3,(H,22,23);1H. The lowest BCUT2D eigenvalue weighted by atomic mass is 10.1. The van der Waals surface area contributed by atoms with Crippen molar-refractivity contribution >= 4 is 29.9 Å². The number of aliphatic imine (C=N–C) groups is 1. The van der Waals surface area contributed by atoms with Crippen LogP contribution in [0.25, 0.3) is 0 Å². The van der Waals surface area contributed by atoms with Gasteiger partial charge in [-0.05, 0) is 37.0 Å². The molecular weight excluding hydrogens is 492 g/mol.